The smallest absolute Gasteiger partial charge is 0.317 e. The van der Waals surface area contributed by atoms with Gasteiger partial charge in [-0.25, -0.2) is 4.79 Å². The van der Waals surface area contributed by atoms with Crippen molar-refractivity contribution in [1.82, 2.24) is 10.2 Å². The minimum Gasteiger partial charge on any atom is -0.481 e. The quantitative estimate of drug-likeness (QED) is 0.838. The predicted octanol–water partition coefficient (Wildman–Crippen LogP) is 2.85. The van der Waals surface area contributed by atoms with Crippen molar-refractivity contribution < 1.29 is 14.7 Å². The van der Waals surface area contributed by atoms with Crippen LogP contribution in [0.3, 0.4) is 0 Å². The summed E-state index contributed by atoms with van der Waals surface area (Å²) in [5.74, 6) is -0.455. The van der Waals surface area contributed by atoms with Gasteiger partial charge < -0.3 is 15.3 Å². The van der Waals surface area contributed by atoms with E-state index in [4.69, 9.17) is 5.11 Å². The highest BCUT2D eigenvalue weighted by Gasteiger charge is 2.28. The number of rotatable bonds is 4. The molecule has 5 nitrogen and oxygen atoms in total. The molecule has 2 amide bonds. The number of hydrogen-bond donors (Lipinski definition) is 2. The van der Waals surface area contributed by atoms with Crippen molar-refractivity contribution in [1.29, 1.82) is 0 Å². The second kappa shape index (κ2) is 7.66. The number of carboxylic acid groups (broad SMARTS) is 1. The summed E-state index contributed by atoms with van der Waals surface area (Å²) in [4.78, 5) is 25.0. The summed E-state index contributed by atoms with van der Waals surface area (Å²) in [5.41, 5.74) is 0. The summed E-state index contributed by atoms with van der Waals surface area (Å²) in [6, 6.07) is 0.0788. The van der Waals surface area contributed by atoms with Gasteiger partial charge in [0.15, 0.2) is 0 Å². The van der Waals surface area contributed by atoms with Gasteiger partial charge in [-0.3, -0.25) is 4.79 Å². The lowest BCUT2D eigenvalue weighted by Crippen LogP contribution is -2.49. The number of likely N-dealkylation sites (tertiary alicyclic amines) is 1. The molecule has 2 fully saturated rings. The van der Waals surface area contributed by atoms with Gasteiger partial charge in [-0.05, 0) is 32.1 Å². The van der Waals surface area contributed by atoms with E-state index in [1.165, 1.54) is 32.1 Å². The number of hydrogen-bond acceptors (Lipinski definition) is 2. The summed E-state index contributed by atoms with van der Waals surface area (Å²) < 4.78 is 0. The molecule has 1 aliphatic carbocycles. The van der Waals surface area contributed by atoms with E-state index in [0.29, 0.717) is 19.5 Å². The topological polar surface area (TPSA) is 69.6 Å². The lowest BCUT2D eigenvalue weighted by atomic mass is 9.85. The van der Waals surface area contributed by atoms with Crippen LogP contribution in [0.4, 0.5) is 4.79 Å². The largest absolute Gasteiger partial charge is 0.481 e. The van der Waals surface area contributed by atoms with Crippen LogP contribution in [0, 0.1) is 11.8 Å². The molecule has 21 heavy (non-hydrogen) atoms. The third-order valence-corrected chi connectivity index (χ3v) is 4.84. The number of nitrogens with zero attached hydrogens (tertiary/aromatic N) is 1. The summed E-state index contributed by atoms with van der Waals surface area (Å²) in [6.45, 7) is 3.08. The van der Waals surface area contributed by atoms with Gasteiger partial charge in [0.1, 0.15) is 0 Å². The second-order valence-electron chi connectivity index (χ2n) is 6.71. The fourth-order valence-electron chi connectivity index (χ4n) is 3.65. The maximum Gasteiger partial charge on any atom is 0.317 e. The van der Waals surface area contributed by atoms with Gasteiger partial charge in [0.05, 0.1) is 5.92 Å². The van der Waals surface area contributed by atoms with E-state index < -0.39 is 11.9 Å². The van der Waals surface area contributed by atoms with Crippen molar-refractivity contribution in [3.63, 3.8) is 0 Å². The Morgan fingerprint density at radius 1 is 1.19 bits per heavy atom. The van der Waals surface area contributed by atoms with Crippen LogP contribution in [0.2, 0.25) is 0 Å². The molecular formula is C16H28N2O3. The molecule has 0 aromatic heterocycles. The molecule has 2 N–H and O–H groups in total. The van der Waals surface area contributed by atoms with E-state index >= 15 is 0 Å². The van der Waals surface area contributed by atoms with Crippen molar-refractivity contribution in [2.75, 3.05) is 13.1 Å². The average Bonchev–Trinajstić information content (AvgIpc) is 2.48. The average molecular weight is 296 g/mol. The molecule has 2 rings (SSSR count). The minimum absolute atomic E-state index is 0.0933. The minimum atomic E-state index is -0.789. The maximum absolute atomic E-state index is 12.2. The SMILES string of the molecule is C[C@@H](CC1CCCCC1)NC(=O)N1CCCC(C(=O)O)C1. The van der Waals surface area contributed by atoms with Gasteiger partial charge in [-0.1, -0.05) is 32.1 Å². The predicted molar refractivity (Wildman–Crippen MR) is 81.1 cm³/mol. The molecule has 0 bridgehead atoms. The van der Waals surface area contributed by atoms with Crippen LogP contribution in [0.15, 0.2) is 0 Å². The third kappa shape index (κ3) is 4.90. The van der Waals surface area contributed by atoms with E-state index in [0.717, 1.165) is 18.8 Å². The summed E-state index contributed by atoms with van der Waals surface area (Å²) in [6.07, 6.45) is 9.05. The van der Waals surface area contributed by atoms with Crippen LogP contribution in [0.1, 0.15) is 58.3 Å². The monoisotopic (exact) mass is 296 g/mol. The molecule has 0 aromatic rings. The van der Waals surface area contributed by atoms with Gasteiger partial charge in [-0.2, -0.15) is 0 Å². The molecule has 1 saturated heterocycles. The Labute approximate surface area is 127 Å². The first-order valence-corrected chi connectivity index (χ1v) is 8.34. The third-order valence-electron chi connectivity index (χ3n) is 4.84. The zero-order chi connectivity index (χ0) is 15.2. The summed E-state index contributed by atoms with van der Waals surface area (Å²) in [7, 11) is 0. The molecule has 120 valence electrons. The fraction of sp³-hybridized carbons (Fsp3) is 0.875. The molecule has 1 heterocycles. The standard InChI is InChI=1S/C16H28N2O3/c1-12(10-13-6-3-2-4-7-13)17-16(21)18-9-5-8-14(11-18)15(19)20/h12-14H,2-11H2,1H3,(H,17,21)(H,19,20)/t12-,14?/m0/s1. The van der Waals surface area contributed by atoms with Gasteiger partial charge >= 0.3 is 12.0 Å². The van der Waals surface area contributed by atoms with Crippen LogP contribution >= 0.6 is 0 Å². The maximum atomic E-state index is 12.2. The Hall–Kier alpha value is -1.26. The second-order valence-corrected chi connectivity index (χ2v) is 6.71. The molecular weight excluding hydrogens is 268 g/mol. The Bertz CT molecular complexity index is 367. The van der Waals surface area contributed by atoms with Gasteiger partial charge in [0.2, 0.25) is 0 Å². The molecule has 1 aliphatic heterocycles. The van der Waals surface area contributed by atoms with E-state index in [9.17, 15) is 9.59 Å². The zero-order valence-corrected chi connectivity index (χ0v) is 13.0. The van der Waals surface area contributed by atoms with Crippen LogP contribution in [0.5, 0.6) is 0 Å². The zero-order valence-electron chi connectivity index (χ0n) is 13.0. The number of carbonyl (C=O) groups excluding carboxylic acids is 1. The number of urea groups is 1. The molecule has 5 heteroatoms. The lowest BCUT2D eigenvalue weighted by molar-refractivity contribution is -0.143. The number of amides is 2. The first kappa shape index (κ1) is 16.1. The first-order chi connectivity index (χ1) is 10.1. The molecule has 2 atom stereocenters. The normalized spacial score (nSPS) is 25.4. The molecule has 2 aliphatic rings. The van der Waals surface area contributed by atoms with Crippen LogP contribution in [0.25, 0.3) is 0 Å². The lowest BCUT2D eigenvalue weighted by Gasteiger charge is -2.32. The molecule has 0 spiro atoms. The molecule has 1 unspecified atom stereocenters. The first-order valence-electron chi connectivity index (χ1n) is 8.34. The van der Waals surface area contributed by atoms with E-state index in [2.05, 4.69) is 12.2 Å². The van der Waals surface area contributed by atoms with Crippen molar-refractivity contribution >= 4 is 12.0 Å². The molecule has 1 saturated carbocycles. The number of piperidine rings is 1. The van der Waals surface area contributed by atoms with Crippen LogP contribution in [-0.2, 0) is 4.79 Å². The summed E-state index contributed by atoms with van der Waals surface area (Å²) in [5, 5.41) is 12.1. The van der Waals surface area contributed by atoms with E-state index in [1.807, 2.05) is 0 Å². The fourth-order valence-corrected chi connectivity index (χ4v) is 3.65. The molecule has 0 aromatic carbocycles. The van der Waals surface area contributed by atoms with Crippen molar-refractivity contribution in [3.05, 3.63) is 0 Å². The van der Waals surface area contributed by atoms with Gasteiger partial charge in [0, 0.05) is 19.1 Å². The highest BCUT2D eigenvalue weighted by Crippen LogP contribution is 2.27. The van der Waals surface area contributed by atoms with Crippen LogP contribution in [-0.4, -0.2) is 41.1 Å². The Balaban J connectivity index is 1.75. The highest BCUT2D eigenvalue weighted by molar-refractivity contribution is 5.76. The highest BCUT2D eigenvalue weighted by atomic mass is 16.4. The summed E-state index contributed by atoms with van der Waals surface area (Å²) >= 11 is 0. The van der Waals surface area contributed by atoms with Crippen molar-refractivity contribution in [2.45, 2.75) is 64.3 Å². The number of carboxylic acids is 1. The van der Waals surface area contributed by atoms with Gasteiger partial charge in [0.25, 0.3) is 0 Å². The van der Waals surface area contributed by atoms with Crippen molar-refractivity contribution in [3.8, 4) is 0 Å². The van der Waals surface area contributed by atoms with E-state index in [-0.39, 0.29) is 12.1 Å². The Kier molecular flexibility index (Phi) is 5.88. The van der Waals surface area contributed by atoms with Crippen LogP contribution < -0.4 is 5.32 Å². The van der Waals surface area contributed by atoms with E-state index in [1.54, 1.807) is 4.90 Å². The molecule has 0 radical (unpaired) electrons. The number of aliphatic carboxylic acids is 1. The number of nitrogens with one attached hydrogen (secondary N) is 1. The Morgan fingerprint density at radius 2 is 1.90 bits per heavy atom. The van der Waals surface area contributed by atoms with Gasteiger partial charge in [-0.15, -0.1) is 0 Å². The number of carbonyl (C=O) groups is 2. The van der Waals surface area contributed by atoms with Crippen molar-refractivity contribution in [2.24, 2.45) is 11.8 Å². The Morgan fingerprint density at radius 3 is 2.57 bits per heavy atom.